The zero-order valence-corrected chi connectivity index (χ0v) is 10.8. The smallest absolute Gasteiger partial charge is 0.275 e. The Morgan fingerprint density at radius 1 is 1.42 bits per heavy atom. The number of carbonyl (C=O) groups is 1. The van der Waals surface area contributed by atoms with Crippen LogP contribution in [0.5, 0.6) is 0 Å². The molecule has 1 aliphatic rings. The van der Waals surface area contributed by atoms with Crippen molar-refractivity contribution in [3.63, 3.8) is 0 Å². The van der Waals surface area contributed by atoms with E-state index in [1.807, 2.05) is 4.90 Å². The Bertz CT molecular complexity index is 665. The number of hydrogen-bond donors (Lipinski definition) is 1. The van der Waals surface area contributed by atoms with E-state index in [4.69, 9.17) is 0 Å². The number of nitrogens with zero attached hydrogens (tertiary/aromatic N) is 3. The van der Waals surface area contributed by atoms with Crippen LogP contribution in [0, 0.1) is 0 Å². The molecular formula is C13H16N4O2. The van der Waals surface area contributed by atoms with Crippen molar-refractivity contribution in [2.24, 2.45) is 0 Å². The molecule has 0 spiro atoms. The summed E-state index contributed by atoms with van der Waals surface area (Å²) in [6, 6.07) is 3.55. The zero-order chi connectivity index (χ0) is 13.4. The lowest BCUT2D eigenvalue weighted by atomic mass is 9.96. The van der Waals surface area contributed by atoms with Crippen LogP contribution in [0.3, 0.4) is 0 Å². The molecule has 0 atom stereocenters. The molecule has 3 rings (SSSR count). The Morgan fingerprint density at radius 3 is 2.84 bits per heavy atom. The van der Waals surface area contributed by atoms with Crippen LogP contribution < -0.4 is 5.56 Å². The summed E-state index contributed by atoms with van der Waals surface area (Å²) >= 11 is 0. The SMILES string of the molecule is CC(=O)N1CCC(c2nn3cccc3c(=O)[nH]2)CC1. The van der Waals surface area contributed by atoms with Gasteiger partial charge in [-0.2, -0.15) is 5.10 Å². The molecule has 0 radical (unpaired) electrons. The normalized spacial score (nSPS) is 17.0. The molecule has 100 valence electrons. The predicted octanol–water partition coefficient (Wildman–Crippen LogP) is 0.748. The molecule has 1 N–H and O–H groups in total. The van der Waals surface area contributed by atoms with Gasteiger partial charge in [-0.15, -0.1) is 0 Å². The molecule has 2 aromatic rings. The van der Waals surface area contributed by atoms with Gasteiger partial charge >= 0.3 is 0 Å². The Kier molecular flexibility index (Phi) is 2.85. The molecule has 6 heteroatoms. The fourth-order valence-electron chi connectivity index (χ4n) is 2.61. The number of nitrogens with one attached hydrogen (secondary N) is 1. The largest absolute Gasteiger partial charge is 0.343 e. The molecular weight excluding hydrogens is 244 g/mol. The van der Waals surface area contributed by atoms with Gasteiger partial charge in [-0.3, -0.25) is 9.59 Å². The summed E-state index contributed by atoms with van der Waals surface area (Å²) in [6.45, 7) is 3.05. The van der Waals surface area contributed by atoms with Crippen molar-refractivity contribution in [2.45, 2.75) is 25.7 Å². The van der Waals surface area contributed by atoms with E-state index < -0.39 is 0 Å². The molecule has 0 saturated carbocycles. The van der Waals surface area contributed by atoms with Gasteiger partial charge in [0.2, 0.25) is 5.91 Å². The minimum absolute atomic E-state index is 0.107. The van der Waals surface area contributed by atoms with Crippen molar-refractivity contribution in [2.75, 3.05) is 13.1 Å². The molecule has 1 fully saturated rings. The van der Waals surface area contributed by atoms with Crippen molar-refractivity contribution in [1.82, 2.24) is 19.5 Å². The lowest BCUT2D eigenvalue weighted by molar-refractivity contribution is -0.129. The highest BCUT2D eigenvalue weighted by molar-refractivity contribution is 5.73. The van der Waals surface area contributed by atoms with E-state index in [9.17, 15) is 9.59 Å². The van der Waals surface area contributed by atoms with Crippen LogP contribution >= 0.6 is 0 Å². The standard InChI is InChI=1S/C13H16N4O2/c1-9(18)16-7-4-10(5-8-16)12-14-13(19)11-3-2-6-17(11)15-12/h2-3,6,10H,4-5,7-8H2,1H3,(H,14,15,19). The van der Waals surface area contributed by atoms with Crippen LogP contribution in [-0.4, -0.2) is 38.5 Å². The van der Waals surface area contributed by atoms with Gasteiger partial charge in [0.1, 0.15) is 11.3 Å². The van der Waals surface area contributed by atoms with Crippen LogP contribution in [0.4, 0.5) is 0 Å². The van der Waals surface area contributed by atoms with E-state index in [0.29, 0.717) is 5.52 Å². The van der Waals surface area contributed by atoms with Crippen molar-refractivity contribution in [1.29, 1.82) is 0 Å². The van der Waals surface area contributed by atoms with E-state index >= 15 is 0 Å². The minimum Gasteiger partial charge on any atom is -0.343 e. The average Bonchev–Trinajstić information content (AvgIpc) is 2.87. The zero-order valence-electron chi connectivity index (χ0n) is 10.8. The second-order valence-corrected chi connectivity index (χ2v) is 4.96. The summed E-state index contributed by atoms with van der Waals surface area (Å²) in [7, 11) is 0. The van der Waals surface area contributed by atoms with E-state index in [1.54, 1.807) is 29.8 Å². The van der Waals surface area contributed by atoms with Crippen LogP contribution in [0.15, 0.2) is 23.1 Å². The molecule has 3 heterocycles. The van der Waals surface area contributed by atoms with E-state index in [-0.39, 0.29) is 17.4 Å². The number of carbonyl (C=O) groups excluding carboxylic acids is 1. The van der Waals surface area contributed by atoms with Gasteiger partial charge in [0.05, 0.1) is 0 Å². The highest BCUT2D eigenvalue weighted by Gasteiger charge is 2.24. The van der Waals surface area contributed by atoms with E-state index in [2.05, 4.69) is 10.1 Å². The number of hydrogen-bond acceptors (Lipinski definition) is 3. The number of fused-ring (bicyclic) bond motifs is 1. The molecule has 0 aromatic carbocycles. The third kappa shape index (κ3) is 2.14. The maximum atomic E-state index is 11.9. The van der Waals surface area contributed by atoms with Crippen LogP contribution in [0.2, 0.25) is 0 Å². The van der Waals surface area contributed by atoms with Gasteiger partial charge in [-0.05, 0) is 25.0 Å². The second-order valence-electron chi connectivity index (χ2n) is 4.96. The number of aromatic amines is 1. The third-order valence-electron chi connectivity index (χ3n) is 3.74. The lowest BCUT2D eigenvalue weighted by Gasteiger charge is -2.30. The number of likely N-dealkylation sites (tertiary alicyclic amines) is 1. The van der Waals surface area contributed by atoms with Crippen LogP contribution in [-0.2, 0) is 4.79 Å². The molecule has 6 nitrogen and oxygen atoms in total. The molecule has 1 saturated heterocycles. The summed E-state index contributed by atoms with van der Waals surface area (Å²) in [4.78, 5) is 27.9. The Morgan fingerprint density at radius 2 is 2.16 bits per heavy atom. The van der Waals surface area contributed by atoms with Crippen molar-refractivity contribution < 1.29 is 4.79 Å². The minimum atomic E-state index is -0.107. The Labute approximate surface area is 110 Å². The van der Waals surface area contributed by atoms with Crippen LogP contribution in [0.1, 0.15) is 31.5 Å². The van der Waals surface area contributed by atoms with Crippen LogP contribution in [0.25, 0.3) is 5.52 Å². The second kappa shape index (κ2) is 4.53. The average molecular weight is 260 g/mol. The molecule has 2 aromatic heterocycles. The first-order valence-electron chi connectivity index (χ1n) is 6.48. The van der Waals surface area contributed by atoms with Crippen molar-refractivity contribution >= 4 is 11.4 Å². The summed E-state index contributed by atoms with van der Waals surface area (Å²) in [5.74, 6) is 1.05. The van der Waals surface area contributed by atoms with Gasteiger partial charge in [-0.25, -0.2) is 4.52 Å². The number of H-pyrrole nitrogens is 1. The lowest BCUT2D eigenvalue weighted by Crippen LogP contribution is -2.37. The van der Waals surface area contributed by atoms with Gasteiger partial charge in [0.25, 0.3) is 5.56 Å². The highest BCUT2D eigenvalue weighted by atomic mass is 16.2. The van der Waals surface area contributed by atoms with Crippen molar-refractivity contribution in [3.8, 4) is 0 Å². The predicted molar refractivity (Wildman–Crippen MR) is 70.0 cm³/mol. The Balaban J connectivity index is 1.85. The van der Waals surface area contributed by atoms with Gasteiger partial charge in [0, 0.05) is 32.1 Å². The number of amides is 1. The number of rotatable bonds is 1. The van der Waals surface area contributed by atoms with Gasteiger partial charge in [0.15, 0.2) is 0 Å². The fourth-order valence-corrected chi connectivity index (χ4v) is 2.61. The monoisotopic (exact) mass is 260 g/mol. The molecule has 0 bridgehead atoms. The number of piperidine rings is 1. The molecule has 19 heavy (non-hydrogen) atoms. The first-order chi connectivity index (χ1) is 9.15. The molecule has 1 aliphatic heterocycles. The fraction of sp³-hybridized carbons (Fsp3) is 0.462. The van der Waals surface area contributed by atoms with E-state index in [0.717, 1.165) is 31.8 Å². The van der Waals surface area contributed by atoms with Crippen molar-refractivity contribution in [3.05, 3.63) is 34.5 Å². The Hall–Kier alpha value is -2.11. The van der Waals surface area contributed by atoms with Gasteiger partial charge < -0.3 is 9.88 Å². The summed E-state index contributed by atoms with van der Waals surface area (Å²) in [6.07, 6.45) is 3.46. The van der Waals surface area contributed by atoms with E-state index in [1.165, 1.54) is 0 Å². The number of aromatic nitrogens is 3. The quantitative estimate of drug-likeness (QED) is 0.822. The molecule has 0 aliphatic carbocycles. The third-order valence-corrected chi connectivity index (χ3v) is 3.74. The molecule has 0 unspecified atom stereocenters. The maximum Gasteiger partial charge on any atom is 0.275 e. The highest BCUT2D eigenvalue weighted by Crippen LogP contribution is 2.24. The van der Waals surface area contributed by atoms with Gasteiger partial charge in [-0.1, -0.05) is 0 Å². The molecule has 1 amide bonds. The first-order valence-corrected chi connectivity index (χ1v) is 6.48. The first kappa shape index (κ1) is 12.0. The summed E-state index contributed by atoms with van der Waals surface area (Å²) in [5.41, 5.74) is 0.453. The summed E-state index contributed by atoms with van der Waals surface area (Å²) in [5, 5.41) is 4.45. The summed E-state index contributed by atoms with van der Waals surface area (Å²) < 4.78 is 1.62. The maximum absolute atomic E-state index is 11.9. The topological polar surface area (TPSA) is 70.5 Å².